The number of phenolic OH excluding ortho intramolecular Hbond substituents is 1. The Morgan fingerprint density at radius 2 is 2.20 bits per heavy atom. The minimum absolute atomic E-state index is 0.369. The molecule has 0 aliphatic carbocycles. The fraction of sp³-hybridized carbons (Fsp3) is 0.647. The Kier molecular flexibility index (Phi) is 5.86. The molecule has 1 aliphatic heterocycles. The Balaban J connectivity index is 1.89. The molecule has 1 aromatic rings. The van der Waals surface area contributed by atoms with E-state index in [4.69, 9.17) is 0 Å². The van der Waals surface area contributed by atoms with E-state index in [1.165, 1.54) is 24.8 Å². The summed E-state index contributed by atoms with van der Waals surface area (Å²) in [6.07, 6.45) is 3.68. The minimum atomic E-state index is 0.369. The lowest BCUT2D eigenvalue weighted by Gasteiger charge is -2.39. The summed E-state index contributed by atoms with van der Waals surface area (Å²) in [6, 6.07) is 8.32. The van der Waals surface area contributed by atoms with Crippen LogP contribution in [0.3, 0.4) is 0 Å². The van der Waals surface area contributed by atoms with E-state index in [2.05, 4.69) is 30.1 Å². The van der Waals surface area contributed by atoms with Gasteiger partial charge in [-0.15, -0.1) is 0 Å². The van der Waals surface area contributed by atoms with Crippen LogP contribution in [-0.4, -0.2) is 35.7 Å². The molecular formula is C17H28N2O. The van der Waals surface area contributed by atoms with E-state index < -0.39 is 0 Å². The van der Waals surface area contributed by atoms with E-state index in [1.807, 2.05) is 12.1 Å². The van der Waals surface area contributed by atoms with Crippen molar-refractivity contribution in [3.8, 4) is 5.75 Å². The zero-order valence-electron chi connectivity index (χ0n) is 12.8. The van der Waals surface area contributed by atoms with Crippen molar-refractivity contribution < 1.29 is 5.11 Å². The number of rotatable bonds is 6. The summed E-state index contributed by atoms with van der Waals surface area (Å²) in [5, 5.41) is 13.3. The molecular weight excluding hydrogens is 248 g/mol. The molecule has 0 bridgehead atoms. The molecule has 1 aliphatic rings. The lowest BCUT2D eigenvalue weighted by molar-refractivity contribution is 0.129. The van der Waals surface area contributed by atoms with Gasteiger partial charge in [0.15, 0.2) is 0 Å². The van der Waals surface area contributed by atoms with Crippen LogP contribution >= 0.6 is 0 Å². The third kappa shape index (κ3) is 4.22. The average molecular weight is 276 g/mol. The van der Waals surface area contributed by atoms with Crippen LogP contribution in [0.2, 0.25) is 0 Å². The zero-order chi connectivity index (χ0) is 14.4. The summed E-state index contributed by atoms with van der Waals surface area (Å²) in [5.41, 5.74) is 1.21. The molecule has 2 unspecified atom stereocenters. The van der Waals surface area contributed by atoms with E-state index in [0.717, 1.165) is 32.1 Å². The van der Waals surface area contributed by atoms with Crippen molar-refractivity contribution in [2.75, 3.05) is 19.6 Å². The smallest absolute Gasteiger partial charge is 0.115 e. The predicted molar refractivity (Wildman–Crippen MR) is 83.9 cm³/mol. The van der Waals surface area contributed by atoms with Crippen LogP contribution in [-0.2, 0) is 6.54 Å². The van der Waals surface area contributed by atoms with Gasteiger partial charge in [0.25, 0.3) is 0 Å². The molecule has 3 nitrogen and oxygen atoms in total. The number of aromatic hydroxyl groups is 1. The average Bonchev–Trinajstić information content (AvgIpc) is 2.46. The van der Waals surface area contributed by atoms with Crippen LogP contribution in [0.5, 0.6) is 5.75 Å². The summed E-state index contributed by atoms with van der Waals surface area (Å²) in [5.74, 6) is 1.11. The van der Waals surface area contributed by atoms with E-state index in [-0.39, 0.29) is 0 Å². The first-order valence-electron chi connectivity index (χ1n) is 7.96. The molecule has 0 saturated carbocycles. The molecule has 0 spiro atoms. The van der Waals surface area contributed by atoms with Crippen molar-refractivity contribution in [1.82, 2.24) is 10.2 Å². The van der Waals surface area contributed by atoms with Gasteiger partial charge in [0, 0.05) is 19.1 Å². The highest BCUT2D eigenvalue weighted by Gasteiger charge is 2.27. The third-order valence-electron chi connectivity index (χ3n) is 4.32. The Bertz CT molecular complexity index is 408. The Hall–Kier alpha value is -1.06. The van der Waals surface area contributed by atoms with E-state index in [0.29, 0.717) is 11.8 Å². The second-order valence-electron chi connectivity index (χ2n) is 5.92. The van der Waals surface area contributed by atoms with Gasteiger partial charge in [-0.05, 0) is 49.5 Å². The Morgan fingerprint density at radius 1 is 1.35 bits per heavy atom. The molecule has 1 saturated heterocycles. The van der Waals surface area contributed by atoms with Gasteiger partial charge in [-0.25, -0.2) is 0 Å². The van der Waals surface area contributed by atoms with Gasteiger partial charge in [0.05, 0.1) is 0 Å². The van der Waals surface area contributed by atoms with Crippen LogP contribution in [0.4, 0.5) is 0 Å². The maximum Gasteiger partial charge on any atom is 0.115 e. The normalized spacial score (nSPS) is 23.9. The third-order valence-corrected chi connectivity index (χ3v) is 4.32. The first-order valence-corrected chi connectivity index (χ1v) is 7.96. The summed E-state index contributed by atoms with van der Waals surface area (Å²) in [7, 11) is 0. The highest BCUT2D eigenvalue weighted by atomic mass is 16.3. The van der Waals surface area contributed by atoms with Crippen LogP contribution in [0.15, 0.2) is 24.3 Å². The molecule has 1 fully saturated rings. The van der Waals surface area contributed by atoms with Crippen LogP contribution in [0, 0.1) is 5.92 Å². The molecule has 2 rings (SSSR count). The SMILES string of the molecule is CCCNC1CCN(Cc2cccc(O)c2)CC1CC. The molecule has 0 radical (unpaired) electrons. The highest BCUT2D eigenvalue weighted by molar-refractivity contribution is 5.27. The van der Waals surface area contributed by atoms with Crippen molar-refractivity contribution in [3.05, 3.63) is 29.8 Å². The van der Waals surface area contributed by atoms with Crippen molar-refractivity contribution >= 4 is 0 Å². The molecule has 112 valence electrons. The summed E-state index contributed by atoms with van der Waals surface area (Å²) < 4.78 is 0. The second kappa shape index (κ2) is 7.65. The lowest BCUT2D eigenvalue weighted by atomic mass is 9.89. The van der Waals surface area contributed by atoms with Gasteiger partial charge >= 0.3 is 0 Å². The predicted octanol–water partition coefficient (Wildman–Crippen LogP) is 2.99. The number of nitrogens with zero attached hydrogens (tertiary/aromatic N) is 1. The molecule has 3 heteroatoms. The van der Waals surface area contributed by atoms with E-state index in [9.17, 15) is 5.11 Å². The number of likely N-dealkylation sites (tertiary alicyclic amines) is 1. The number of hydrogen-bond donors (Lipinski definition) is 2. The van der Waals surface area contributed by atoms with E-state index in [1.54, 1.807) is 6.07 Å². The molecule has 0 aromatic heterocycles. The zero-order valence-corrected chi connectivity index (χ0v) is 12.8. The van der Waals surface area contributed by atoms with Crippen LogP contribution < -0.4 is 5.32 Å². The molecule has 1 heterocycles. The number of nitrogens with one attached hydrogen (secondary N) is 1. The van der Waals surface area contributed by atoms with Crippen LogP contribution in [0.25, 0.3) is 0 Å². The fourth-order valence-corrected chi connectivity index (χ4v) is 3.18. The molecule has 20 heavy (non-hydrogen) atoms. The molecule has 1 aromatic carbocycles. The van der Waals surface area contributed by atoms with Gasteiger partial charge in [-0.3, -0.25) is 4.90 Å². The largest absolute Gasteiger partial charge is 0.508 e. The van der Waals surface area contributed by atoms with Gasteiger partial charge in [-0.1, -0.05) is 32.4 Å². The number of piperidine rings is 1. The standard InChI is InChI=1S/C17H28N2O/c1-3-9-18-17-8-10-19(13-15(17)4-2)12-14-6-5-7-16(20)11-14/h5-7,11,15,17-18,20H,3-4,8-10,12-13H2,1-2H3. The van der Waals surface area contributed by atoms with Gasteiger partial charge in [0.2, 0.25) is 0 Å². The quantitative estimate of drug-likeness (QED) is 0.838. The van der Waals surface area contributed by atoms with Crippen molar-refractivity contribution in [2.24, 2.45) is 5.92 Å². The van der Waals surface area contributed by atoms with Crippen molar-refractivity contribution in [2.45, 2.75) is 45.7 Å². The first kappa shape index (κ1) is 15.3. The van der Waals surface area contributed by atoms with Crippen molar-refractivity contribution in [3.63, 3.8) is 0 Å². The van der Waals surface area contributed by atoms with Gasteiger partial charge in [0.1, 0.15) is 5.75 Å². The molecule has 0 amide bonds. The van der Waals surface area contributed by atoms with Crippen molar-refractivity contribution in [1.29, 1.82) is 0 Å². The Labute approximate surface area is 123 Å². The summed E-state index contributed by atoms with van der Waals surface area (Å²) in [6.45, 7) is 8.91. The highest BCUT2D eigenvalue weighted by Crippen LogP contribution is 2.22. The lowest BCUT2D eigenvalue weighted by Crippen LogP contribution is -2.49. The second-order valence-corrected chi connectivity index (χ2v) is 5.92. The minimum Gasteiger partial charge on any atom is -0.508 e. The summed E-state index contributed by atoms with van der Waals surface area (Å²) in [4.78, 5) is 2.52. The van der Waals surface area contributed by atoms with Crippen LogP contribution in [0.1, 0.15) is 38.7 Å². The Morgan fingerprint density at radius 3 is 2.90 bits per heavy atom. The first-order chi connectivity index (χ1) is 9.72. The number of benzene rings is 1. The van der Waals surface area contributed by atoms with E-state index >= 15 is 0 Å². The van der Waals surface area contributed by atoms with Gasteiger partial charge < -0.3 is 10.4 Å². The maximum absolute atomic E-state index is 9.55. The fourth-order valence-electron chi connectivity index (χ4n) is 3.18. The number of phenols is 1. The number of hydrogen-bond acceptors (Lipinski definition) is 3. The van der Waals surface area contributed by atoms with Gasteiger partial charge in [-0.2, -0.15) is 0 Å². The molecule has 2 atom stereocenters. The monoisotopic (exact) mass is 276 g/mol. The summed E-state index contributed by atoms with van der Waals surface area (Å²) >= 11 is 0. The molecule has 2 N–H and O–H groups in total. The topological polar surface area (TPSA) is 35.5 Å². The maximum atomic E-state index is 9.55.